The molecule has 16 heavy (non-hydrogen) atoms. The SMILES string of the molecule is CCCC(N)CC(=O)NCCN1CCCC1. The predicted octanol–water partition coefficient (Wildman–Crippen LogP) is 0.716. The largest absolute Gasteiger partial charge is 0.355 e. The summed E-state index contributed by atoms with van der Waals surface area (Å²) >= 11 is 0. The summed E-state index contributed by atoms with van der Waals surface area (Å²) < 4.78 is 0. The van der Waals surface area contributed by atoms with E-state index in [-0.39, 0.29) is 11.9 Å². The first-order valence-corrected chi connectivity index (χ1v) is 6.47. The van der Waals surface area contributed by atoms with E-state index in [1.54, 1.807) is 0 Å². The van der Waals surface area contributed by atoms with Crippen LogP contribution in [0.1, 0.15) is 39.0 Å². The minimum absolute atomic E-state index is 0.0248. The average molecular weight is 227 g/mol. The summed E-state index contributed by atoms with van der Waals surface area (Å²) in [6, 6.07) is 0.0248. The number of hydrogen-bond acceptors (Lipinski definition) is 3. The molecule has 0 radical (unpaired) electrons. The molecule has 1 aliphatic rings. The molecular weight excluding hydrogens is 202 g/mol. The van der Waals surface area contributed by atoms with Crippen LogP contribution < -0.4 is 11.1 Å². The van der Waals surface area contributed by atoms with Crippen molar-refractivity contribution in [3.05, 3.63) is 0 Å². The van der Waals surface area contributed by atoms with Gasteiger partial charge in [-0.05, 0) is 32.4 Å². The minimum Gasteiger partial charge on any atom is -0.355 e. The second-order valence-electron chi connectivity index (χ2n) is 4.65. The van der Waals surface area contributed by atoms with Gasteiger partial charge >= 0.3 is 0 Å². The van der Waals surface area contributed by atoms with Crippen LogP contribution in [0.5, 0.6) is 0 Å². The molecule has 0 spiro atoms. The standard InChI is InChI=1S/C12H25N3O/c1-2-5-11(13)10-12(16)14-6-9-15-7-3-4-8-15/h11H,2-10,13H2,1H3,(H,14,16). The van der Waals surface area contributed by atoms with E-state index in [4.69, 9.17) is 5.73 Å². The highest BCUT2D eigenvalue weighted by atomic mass is 16.1. The van der Waals surface area contributed by atoms with Gasteiger partial charge in [0.15, 0.2) is 0 Å². The first-order chi connectivity index (χ1) is 7.72. The zero-order valence-electron chi connectivity index (χ0n) is 10.4. The quantitative estimate of drug-likeness (QED) is 0.673. The highest BCUT2D eigenvalue weighted by Crippen LogP contribution is 2.05. The highest BCUT2D eigenvalue weighted by Gasteiger charge is 2.12. The number of nitrogens with one attached hydrogen (secondary N) is 1. The number of nitrogens with two attached hydrogens (primary N) is 1. The average Bonchev–Trinajstić information content (AvgIpc) is 2.70. The molecular formula is C12H25N3O. The van der Waals surface area contributed by atoms with Crippen molar-refractivity contribution >= 4 is 5.91 Å². The van der Waals surface area contributed by atoms with Gasteiger partial charge in [0.25, 0.3) is 0 Å². The summed E-state index contributed by atoms with van der Waals surface area (Å²) in [7, 11) is 0. The lowest BCUT2D eigenvalue weighted by molar-refractivity contribution is -0.121. The van der Waals surface area contributed by atoms with Crippen LogP contribution >= 0.6 is 0 Å². The predicted molar refractivity (Wildman–Crippen MR) is 66.2 cm³/mol. The van der Waals surface area contributed by atoms with E-state index in [1.807, 2.05) is 0 Å². The van der Waals surface area contributed by atoms with Crippen molar-refractivity contribution in [2.45, 2.75) is 45.1 Å². The Balaban J connectivity index is 2.01. The molecule has 4 heteroatoms. The van der Waals surface area contributed by atoms with Gasteiger partial charge in [-0.25, -0.2) is 0 Å². The van der Waals surface area contributed by atoms with Crippen LogP contribution in [0.15, 0.2) is 0 Å². The van der Waals surface area contributed by atoms with Crippen LogP contribution in [0.3, 0.4) is 0 Å². The third-order valence-electron chi connectivity index (χ3n) is 3.06. The van der Waals surface area contributed by atoms with Crippen molar-refractivity contribution in [3.8, 4) is 0 Å². The van der Waals surface area contributed by atoms with E-state index >= 15 is 0 Å². The van der Waals surface area contributed by atoms with Gasteiger partial charge in [0.05, 0.1) is 0 Å². The summed E-state index contributed by atoms with van der Waals surface area (Å²) in [6.45, 7) is 6.20. The van der Waals surface area contributed by atoms with E-state index in [2.05, 4.69) is 17.1 Å². The van der Waals surface area contributed by atoms with Gasteiger partial charge < -0.3 is 16.0 Å². The maximum atomic E-state index is 11.5. The third kappa shape index (κ3) is 5.47. The number of likely N-dealkylation sites (tertiary alicyclic amines) is 1. The fraction of sp³-hybridized carbons (Fsp3) is 0.917. The number of carbonyl (C=O) groups is 1. The molecule has 4 nitrogen and oxygen atoms in total. The van der Waals surface area contributed by atoms with Crippen LogP contribution in [0.25, 0.3) is 0 Å². The first kappa shape index (κ1) is 13.5. The Morgan fingerprint density at radius 3 is 2.75 bits per heavy atom. The lowest BCUT2D eigenvalue weighted by atomic mass is 10.1. The molecule has 1 unspecified atom stereocenters. The lowest BCUT2D eigenvalue weighted by Gasteiger charge is -2.15. The molecule has 0 bridgehead atoms. The molecule has 1 fully saturated rings. The van der Waals surface area contributed by atoms with E-state index < -0.39 is 0 Å². The van der Waals surface area contributed by atoms with E-state index in [0.29, 0.717) is 6.42 Å². The zero-order chi connectivity index (χ0) is 11.8. The fourth-order valence-corrected chi connectivity index (χ4v) is 2.14. The van der Waals surface area contributed by atoms with Crippen LogP contribution in [0.4, 0.5) is 0 Å². The number of carbonyl (C=O) groups excluding carboxylic acids is 1. The van der Waals surface area contributed by atoms with Crippen molar-refractivity contribution in [1.29, 1.82) is 0 Å². The second-order valence-corrected chi connectivity index (χ2v) is 4.65. The molecule has 0 aromatic rings. The molecule has 94 valence electrons. The smallest absolute Gasteiger partial charge is 0.221 e. The lowest BCUT2D eigenvalue weighted by Crippen LogP contribution is -2.36. The minimum atomic E-state index is 0.0248. The van der Waals surface area contributed by atoms with Gasteiger partial charge in [0.1, 0.15) is 0 Å². The molecule has 0 aromatic heterocycles. The van der Waals surface area contributed by atoms with Gasteiger partial charge in [0, 0.05) is 25.6 Å². The van der Waals surface area contributed by atoms with Crippen molar-refractivity contribution < 1.29 is 4.79 Å². The number of amides is 1. The van der Waals surface area contributed by atoms with Gasteiger partial charge in [-0.2, -0.15) is 0 Å². The normalized spacial score (nSPS) is 18.6. The topological polar surface area (TPSA) is 58.4 Å². The van der Waals surface area contributed by atoms with Gasteiger partial charge in [-0.3, -0.25) is 4.79 Å². The van der Waals surface area contributed by atoms with Crippen molar-refractivity contribution in [3.63, 3.8) is 0 Å². The van der Waals surface area contributed by atoms with Crippen LogP contribution in [-0.4, -0.2) is 43.0 Å². The Morgan fingerprint density at radius 2 is 2.12 bits per heavy atom. The van der Waals surface area contributed by atoms with E-state index in [1.165, 1.54) is 25.9 Å². The van der Waals surface area contributed by atoms with Crippen LogP contribution in [-0.2, 0) is 4.79 Å². The van der Waals surface area contributed by atoms with Gasteiger partial charge in [-0.1, -0.05) is 13.3 Å². The van der Waals surface area contributed by atoms with Crippen LogP contribution in [0.2, 0.25) is 0 Å². The Kier molecular flexibility index (Phi) is 6.42. The Bertz CT molecular complexity index is 202. The number of hydrogen-bond donors (Lipinski definition) is 2. The second kappa shape index (κ2) is 7.63. The zero-order valence-corrected chi connectivity index (χ0v) is 10.4. The molecule has 0 saturated carbocycles. The van der Waals surface area contributed by atoms with Crippen molar-refractivity contribution in [2.24, 2.45) is 5.73 Å². The molecule has 1 rings (SSSR count). The molecule has 1 amide bonds. The fourth-order valence-electron chi connectivity index (χ4n) is 2.14. The van der Waals surface area contributed by atoms with Crippen molar-refractivity contribution in [1.82, 2.24) is 10.2 Å². The Labute approximate surface area is 98.6 Å². The highest BCUT2D eigenvalue weighted by molar-refractivity contribution is 5.76. The third-order valence-corrected chi connectivity index (χ3v) is 3.06. The summed E-state index contributed by atoms with van der Waals surface area (Å²) in [4.78, 5) is 13.9. The monoisotopic (exact) mass is 227 g/mol. The number of nitrogens with zero attached hydrogens (tertiary/aromatic N) is 1. The molecule has 1 heterocycles. The summed E-state index contributed by atoms with van der Waals surface area (Å²) in [5, 5.41) is 2.94. The number of rotatable bonds is 7. The van der Waals surface area contributed by atoms with E-state index in [0.717, 1.165) is 25.9 Å². The maximum absolute atomic E-state index is 11.5. The maximum Gasteiger partial charge on any atom is 0.221 e. The van der Waals surface area contributed by atoms with E-state index in [9.17, 15) is 4.79 Å². The van der Waals surface area contributed by atoms with Crippen molar-refractivity contribution in [2.75, 3.05) is 26.2 Å². The molecule has 3 N–H and O–H groups in total. The Hall–Kier alpha value is -0.610. The summed E-state index contributed by atoms with van der Waals surface area (Å²) in [6.07, 6.45) is 5.04. The Morgan fingerprint density at radius 1 is 1.44 bits per heavy atom. The van der Waals surface area contributed by atoms with Gasteiger partial charge in [0.2, 0.25) is 5.91 Å². The first-order valence-electron chi connectivity index (χ1n) is 6.47. The van der Waals surface area contributed by atoms with Gasteiger partial charge in [-0.15, -0.1) is 0 Å². The molecule has 1 saturated heterocycles. The molecule has 1 aliphatic heterocycles. The summed E-state index contributed by atoms with van der Waals surface area (Å²) in [5.41, 5.74) is 5.81. The molecule has 0 aliphatic carbocycles. The summed E-state index contributed by atoms with van der Waals surface area (Å²) in [5.74, 6) is 0.0974. The molecule has 0 aromatic carbocycles. The van der Waals surface area contributed by atoms with Crippen LogP contribution in [0, 0.1) is 0 Å². The molecule has 1 atom stereocenters.